The summed E-state index contributed by atoms with van der Waals surface area (Å²) in [7, 11) is 0. The molecule has 0 aromatic heterocycles. The molecular formula is C15H21BrFNO. The van der Waals surface area contributed by atoms with Gasteiger partial charge < -0.3 is 5.32 Å². The maximum atomic E-state index is 13.0. The van der Waals surface area contributed by atoms with Crippen molar-refractivity contribution < 1.29 is 9.18 Å². The van der Waals surface area contributed by atoms with E-state index in [1.807, 2.05) is 0 Å². The number of halogens is 2. The summed E-state index contributed by atoms with van der Waals surface area (Å²) in [6, 6.07) is 4.23. The van der Waals surface area contributed by atoms with Gasteiger partial charge in [0, 0.05) is 17.4 Å². The number of amides is 1. The molecule has 0 radical (unpaired) electrons. The van der Waals surface area contributed by atoms with Gasteiger partial charge >= 0.3 is 0 Å². The van der Waals surface area contributed by atoms with Crippen LogP contribution in [0.2, 0.25) is 0 Å². The van der Waals surface area contributed by atoms with Gasteiger partial charge in [-0.3, -0.25) is 4.79 Å². The zero-order valence-electron chi connectivity index (χ0n) is 11.7. The fourth-order valence-corrected chi connectivity index (χ4v) is 2.21. The quantitative estimate of drug-likeness (QED) is 0.783. The molecule has 0 unspecified atom stereocenters. The third kappa shape index (κ3) is 5.31. The van der Waals surface area contributed by atoms with Crippen molar-refractivity contribution in [1.29, 1.82) is 0 Å². The summed E-state index contributed by atoms with van der Waals surface area (Å²) in [4.78, 5) is 12.1. The van der Waals surface area contributed by atoms with Crippen LogP contribution < -0.4 is 5.32 Å². The van der Waals surface area contributed by atoms with Gasteiger partial charge in [0.2, 0.25) is 0 Å². The molecule has 0 atom stereocenters. The lowest BCUT2D eigenvalue weighted by Gasteiger charge is -2.24. The van der Waals surface area contributed by atoms with E-state index in [0.717, 1.165) is 18.2 Å². The van der Waals surface area contributed by atoms with Crippen molar-refractivity contribution in [2.24, 2.45) is 5.41 Å². The smallest absolute Gasteiger partial charge is 0.251 e. The van der Waals surface area contributed by atoms with Gasteiger partial charge in [0.1, 0.15) is 5.82 Å². The molecule has 1 aromatic carbocycles. The number of carbonyl (C=O) groups is 1. The van der Waals surface area contributed by atoms with Crippen LogP contribution in [0, 0.1) is 18.2 Å². The van der Waals surface area contributed by atoms with Gasteiger partial charge in [0.05, 0.1) is 0 Å². The molecule has 106 valence electrons. The molecule has 1 N–H and O–H groups in total. The molecule has 0 aliphatic heterocycles. The topological polar surface area (TPSA) is 29.1 Å². The first-order chi connectivity index (χ1) is 8.85. The third-order valence-electron chi connectivity index (χ3n) is 3.15. The second-order valence-electron chi connectivity index (χ2n) is 5.60. The predicted molar refractivity (Wildman–Crippen MR) is 80.3 cm³/mol. The van der Waals surface area contributed by atoms with Crippen LogP contribution in [-0.2, 0) is 0 Å². The van der Waals surface area contributed by atoms with Crippen molar-refractivity contribution in [3.63, 3.8) is 0 Å². The largest absolute Gasteiger partial charge is 0.351 e. The van der Waals surface area contributed by atoms with Crippen molar-refractivity contribution in [1.82, 2.24) is 5.32 Å². The lowest BCUT2D eigenvalue weighted by Crippen LogP contribution is -2.34. The Morgan fingerprint density at radius 2 is 2.11 bits per heavy atom. The maximum Gasteiger partial charge on any atom is 0.251 e. The summed E-state index contributed by atoms with van der Waals surface area (Å²) < 4.78 is 13.0. The van der Waals surface area contributed by atoms with Crippen molar-refractivity contribution in [2.45, 2.75) is 33.6 Å². The van der Waals surface area contributed by atoms with Crippen LogP contribution in [0.25, 0.3) is 0 Å². The van der Waals surface area contributed by atoms with Crippen LogP contribution in [0.1, 0.15) is 42.6 Å². The molecule has 0 saturated heterocycles. The molecule has 0 fully saturated rings. The second-order valence-corrected chi connectivity index (χ2v) is 6.39. The molecule has 4 heteroatoms. The van der Waals surface area contributed by atoms with Gasteiger partial charge in [-0.1, -0.05) is 29.8 Å². The van der Waals surface area contributed by atoms with Gasteiger partial charge in [-0.25, -0.2) is 4.39 Å². The zero-order valence-corrected chi connectivity index (χ0v) is 13.3. The first-order valence-electron chi connectivity index (χ1n) is 6.46. The van der Waals surface area contributed by atoms with Crippen LogP contribution in [0.15, 0.2) is 18.2 Å². The number of hydrogen-bond acceptors (Lipinski definition) is 1. The van der Waals surface area contributed by atoms with Gasteiger partial charge in [-0.15, -0.1) is 0 Å². The van der Waals surface area contributed by atoms with Crippen molar-refractivity contribution in [3.05, 3.63) is 35.1 Å². The Bertz CT molecular complexity index is 446. The van der Waals surface area contributed by atoms with E-state index in [-0.39, 0.29) is 17.1 Å². The molecule has 0 saturated carbocycles. The van der Waals surface area contributed by atoms with E-state index in [1.165, 1.54) is 18.2 Å². The lowest BCUT2D eigenvalue weighted by atomic mass is 9.88. The SMILES string of the molecule is Cc1cc(F)ccc1C(=O)NCC(C)(C)CCCBr. The first-order valence-corrected chi connectivity index (χ1v) is 7.58. The van der Waals surface area contributed by atoms with E-state index in [1.54, 1.807) is 6.92 Å². The second kappa shape index (κ2) is 7.04. The average Bonchev–Trinajstić information content (AvgIpc) is 2.34. The van der Waals surface area contributed by atoms with Crippen LogP contribution >= 0.6 is 15.9 Å². The molecule has 0 aliphatic rings. The highest BCUT2D eigenvalue weighted by Crippen LogP contribution is 2.22. The normalized spacial score (nSPS) is 11.4. The molecule has 2 nitrogen and oxygen atoms in total. The molecule has 1 aromatic rings. The summed E-state index contributed by atoms with van der Waals surface area (Å²) in [5.74, 6) is -0.448. The maximum absolute atomic E-state index is 13.0. The molecular weight excluding hydrogens is 309 g/mol. The summed E-state index contributed by atoms with van der Waals surface area (Å²) in [6.45, 7) is 6.63. The van der Waals surface area contributed by atoms with Crippen LogP contribution in [0.5, 0.6) is 0 Å². The number of benzene rings is 1. The number of hydrogen-bond donors (Lipinski definition) is 1. The van der Waals surface area contributed by atoms with Crippen LogP contribution in [0.4, 0.5) is 4.39 Å². The molecule has 0 bridgehead atoms. The summed E-state index contributed by atoms with van der Waals surface area (Å²) in [5.41, 5.74) is 1.27. The van der Waals surface area contributed by atoms with Crippen molar-refractivity contribution in [3.8, 4) is 0 Å². The zero-order chi connectivity index (χ0) is 14.5. The van der Waals surface area contributed by atoms with E-state index in [9.17, 15) is 9.18 Å². The van der Waals surface area contributed by atoms with Crippen molar-refractivity contribution >= 4 is 21.8 Å². The highest BCUT2D eigenvalue weighted by molar-refractivity contribution is 9.09. The number of aryl methyl sites for hydroxylation is 1. The highest BCUT2D eigenvalue weighted by atomic mass is 79.9. The van der Waals surface area contributed by atoms with E-state index in [2.05, 4.69) is 35.1 Å². The Kier molecular flexibility index (Phi) is 5.98. The number of carbonyl (C=O) groups excluding carboxylic acids is 1. The molecule has 19 heavy (non-hydrogen) atoms. The van der Waals surface area contributed by atoms with Gasteiger partial charge in [0.25, 0.3) is 5.91 Å². The Morgan fingerprint density at radius 3 is 2.68 bits per heavy atom. The van der Waals surface area contributed by atoms with E-state index >= 15 is 0 Å². The first kappa shape index (κ1) is 16.2. The fourth-order valence-electron chi connectivity index (χ4n) is 1.93. The molecule has 1 rings (SSSR count). The average molecular weight is 330 g/mol. The van der Waals surface area contributed by atoms with E-state index < -0.39 is 0 Å². The van der Waals surface area contributed by atoms with E-state index in [0.29, 0.717) is 17.7 Å². The van der Waals surface area contributed by atoms with Gasteiger partial charge in [-0.2, -0.15) is 0 Å². The number of rotatable bonds is 6. The van der Waals surface area contributed by atoms with Crippen molar-refractivity contribution in [2.75, 3.05) is 11.9 Å². The Hall–Kier alpha value is -0.900. The predicted octanol–water partition coefficient (Wildman–Crippen LogP) is 4.07. The Labute approximate surface area is 122 Å². The molecule has 0 spiro atoms. The standard InChI is InChI=1S/C15H21BrFNO/c1-11-9-12(17)5-6-13(11)14(19)18-10-15(2,3)7-4-8-16/h5-6,9H,4,7-8,10H2,1-3H3,(H,18,19). The van der Waals surface area contributed by atoms with Gasteiger partial charge in [0.15, 0.2) is 0 Å². The molecule has 1 amide bonds. The molecule has 0 heterocycles. The third-order valence-corrected chi connectivity index (χ3v) is 3.71. The monoisotopic (exact) mass is 329 g/mol. The summed E-state index contributed by atoms with van der Waals surface area (Å²) >= 11 is 3.41. The lowest BCUT2D eigenvalue weighted by molar-refractivity contribution is 0.0934. The highest BCUT2D eigenvalue weighted by Gasteiger charge is 2.19. The summed E-state index contributed by atoms with van der Waals surface area (Å²) in [5, 5.41) is 3.91. The number of alkyl halides is 1. The van der Waals surface area contributed by atoms with Crippen LogP contribution in [-0.4, -0.2) is 17.8 Å². The molecule has 0 aliphatic carbocycles. The minimum absolute atomic E-state index is 0.0668. The minimum atomic E-state index is -0.313. The minimum Gasteiger partial charge on any atom is -0.351 e. The number of nitrogens with one attached hydrogen (secondary N) is 1. The summed E-state index contributed by atoms with van der Waals surface area (Å²) in [6.07, 6.45) is 2.12. The van der Waals surface area contributed by atoms with E-state index in [4.69, 9.17) is 0 Å². The van der Waals surface area contributed by atoms with Gasteiger partial charge in [-0.05, 0) is 48.9 Å². The van der Waals surface area contributed by atoms with Crippen LogP contribution in [0.3, 0.4) is 0 Å². The fraction of sp³-hybridized carbons (Fsp3) is 0.533. The Balaban J connectivity index is 2.60. The Morgan fingerprint density at radius 1 is 1.42 bits per heavy atom.